The first-order valence-electron chi connectivity index (χ1n) is 6.31. The number of rotatable bonds is 5. The van der Waals surface area contributed by atoms with Crippen molar-refractivity contribution in [2.45, 2.75) is 10.9 Å². The Balaban J connectivity index is 2.41. The number of halogens is 2. The molecule has 0 bridgehead atoms. The van der Waals surface area contributed by atoms with Crippen LogP contribution in [0.3, 0.4) is 0 Å². The molecule has 2 rings (SSSR count). The van der Waals surface area contributed by atoms with Gasteiger partial charge in [0.1, 0.15) is 10.7 Å². The SMILES string of the molecule is CN(C(CO)c1cccc(F)c1)S(=O)(=O)c1cncc(Cl)c1. The average Bonchev–Trinajstić information content (AvgIpc) is 2.48. The summed E-state index contributed by atoms with van der Waals surface area (Å²) in [6.45, 7) is -0.493. The standard InChI is InChI=1S/C14H14ClFN2O3S/c1-18(14(9-19)10-3-2-4-12(16)5-10)22(20,21)13-6-11(15)7-17-8-13/h2-8,14,19H,9H2,1H3. The number of hydrogen-bond acceptors (Lipinski definition) is 4. The van der Waals surface area contributed by atoms with E-state index in [1.807, 2.05) is 0 Å². The van der Waals surface area contributed by atoms with Crippen LogP contribution in [0.25, 0.3) is 0 Å². The summed E-state index contributed by atoms with van der Waals surface area (Å²) in [5, 5.41) is 9.72. The maximum Gasteiger partial charge on any atom is 0.245 e. The predicted octanol–water partition coefficient (Wildman–Crippen LogP) is 2.23. The molecule has 5 nitrogen and oxygen atoms in total. The predicted molar refractivity (Wildman–Crippen MR) is 80.4 cm³/mol. The minimum atomic E-state index is -3.93. The van der Waals surface area contributed by atoms with Gasteiger partial charge in [-0.15, -0.1) is 0 Å². The highest BCUT2D eigenvalue weighted by atomic mass is 35.5. The first-order valence-corrected chi connectivity index (χ1v) is 8.13. The second-order valence-corrected chi connectivity index (χ2v) is 7.05. The Morgan fingerprint density at radius 3 is 2.68 bits per heavy atom. The van der Waals surface area contributed by atoms with Gasteiger partial charge in [-0.2, -0.15) is 4.31 Å². The molecule has 0 aliphatic carbocycles. The lowest BCUT2D eigenvalue weighted by atomic mass is 10.1. The lowest BCUT2D eigenvalue weighted by Gasteiger charge is -2.26. The minimum Gasteiger partial charge on any atom is -0.394 e. The van der Waals surface area contributed by atoms with Gasteiger partial charge in [-0.1, -0.05) is 23.7 Å². The summed E-state index contributed by atoms with van der Waals surface area (Å²) in [6, 6.07) is 5.78. The van der Waals surface area contributed by atoms with Crippen LogP contribution in [0, 0.1) is 5.82 Å². The van der Waals surface area contributed by atoms with Crippen LogP contribution in [-0.2, 0) is 10.0 Å². The second-order valence-electron chi connectivity index (χ2n) is 4.61. The van der Waals surface area contributed by atoms with Crippen LogP contribution in [-0.4, -0.2) is 36.5 Å². The zero-order chi connectivity index (χ0) is 16.3. The Kier molecular flexibility index (Phi) is 5.12. The molecule has 0 fully saturated rings. The third kappa shape index (κ3) is 3.44. The highest BCUT2D eigenvalue weighted by Crippen LogP contribution is 2.26. The lowest BCUT2D eigenvalue weighted by Crippen LogP contribution is -2.33. The number of aliphatic hydroxyl groups is 1. The molecule has 0 aliphatic rings. The van der Waals surface area contributed by atoms with Crippen LogP contribution in [0.5, 0.6) is 0 Å². The Morgan fingerprint density at radius 1 is 1.36 bits per heavy atom. The molecule has 1 aromatic carbocycles. The molecule has 0 saturated heterocycles. The fraction of sp³-hybridized carbons (Fsp3) is 0.214. The van der Waals surface area contributed by atoms with E-state index in [1.54, 1.807) is 6.07 Å². The zero-order valence-electron chi connectivity index (χ0n) is 11.6. The number of nitrogens with zero attached hydrogens (tertiary/aromatic N) is 2. The molecule has 8 heteroatoms. The molecule has 22 heavy (non-hydrogen) atoms. The van der Waals surface area contributed by atoms with Gasteiger partial charge in [0, 0.05) is 19.4 Å². The zero-order valence-corrected chi connectivity index (χ0v) is 13.2. The minimum absolute atomic E-state index is 0.0997. The molecule has 1 heterocycles. The summed E-state index contributed by atoms with van der Waals surface area (Å²) in [4.78, 5) is 3.64. The van der Waals surface area contributed by atoms with E-state index in [2.05, 4.69) is 4.98 Å². The summed E-state index contributed by atoms with van der Waals surface area (Å²) in [5.41, 5.74) is 0.351. The van der Waals surface area contributed by atoms with Crippen LogP contribution in [0.4, 0.5) is 4.39 Å². The molecule has 1 N–H and O–H groups in total. The molecule has 118 valence electrons. The first-order chi connectivity index (χ1) is 10.4. The van der Waals surface area contributed by atoms with Gasteiger partial charge in [-0.3, -0.25) is 4.98 Å². The molecule has 1 unspecified atom stereocenters. The average molecular weight is 345 g/mol. The van der Waals surface area contributed by atoms with Crippen LogP contribution < -0.4 is 0 Å². The van der Waals surface area contributed by atoms with E-state index in [0.717, 1.165) is 10.5 Å². The van der Waals surface area contributed by atoms with Gasteiger partial charge in [0.15, 0.2) is 0 Å². The van der Waals surface area contributed by atoms with Crippen LogP contribution >= 0.6 is 11.6 Å². The third-order valence-corrected chi connectivity index (χ3v) is 5.24. The van der Waals surface area contributed by atoms with Gasteiger partial charge in [0.2, 0.25) is 10.0 Å². The van der Waals surface area contributed by atoms with Crippen molar-refractivity contribution < 1.29 is 17.9 Å². The van der Waals surface area contributed by atoms with Crippen LogP contribution in [0.15, 0.2) is 47.6 Å². The van der Waals surface area contributed by atoms with Crippen molar-refractivity contribution in [1.29, 1.82) is 0 Å². The van der Waals surface area contributed by atoms with Gasteiger partial charge >= 0.3 is 0 Å². The van der Waals surface area contributed by atoms with Crippen LogP contribution in [0.1, 0.15) is 11.6 Å². The number of aromatic nitrogens is 1. The van der Waals surface area contributed by atoms with Crippen molar-refractivity contribution >= 4 is 21.6 Å². The van der Waals surface area contributed by atoms with E-state index >= 15 is 0 Å². The molecular weight excluding hydrogens is 331 g/mol. The topological polar surface area (TPSA) is 70.5 Å². The maximum atomic E-state index is 13.3. The number of pyridine rings is 1. The normalized spacial score (nSPS) is 13.3. The molecule has 0 aliphatic heterocycles. The maximum absolute atomic E-state index is 13.3. The van der Waals surface area contributed by atoms with Crippen molar-refractivity contribution in [2.75, 3.05) is 13.7 Å². The lowest BCUT2D eigenvalue weighted by molar-refractivity contribution is 0.204. The highest BCUT2D eigenvalue weighted by molar-refractivity contribution is 7.89. The largest absolute Gasteiger partial charge is 0.394 e. The molecule has 1 aromatic heterocycles. The van der Waals surface area contributed by atoms with E-state index < -0.39 is 28.5 Å². The molecule has 0 amide bonds. The molecule has 2 aromatic rings. The van der Waals surface area contributed by atoms with E-state index in [1.165, 1.54) is 37.5 Å². The van der Waals surface area contributed by atoms with Crippen molar-refractivity contribution in [3.8, 4) is 0 Å². The van der Waals surface area contributed by atoms with Crippen LogP contribution in [0.2, 0.25) is 5.02 Å². The Labute approximate surface area is 133 Å². The molecule has 1 atom stereocenters. The van der Waals surface area contributed by atoms with Crippen molar-refractivity contribution in [3.05, 3.63) is 59.1 Å². The molecule has 0 saturated carbocycles. The summed E-state index contributed by atoms with van der Waals surface area (Å²) in [5.74, 6) is -0.508. The molecular formula is C14H14ClFN2O3S. The summed E-state index contributed by atoms with van der Waals surface area (Å²) in [7, 11) is -2.62. The Bertz CT molecular complexity index is 770. The van der Waals surface area contributed by atoms with Crippen molar-refractivity contribution in [3.63, 3.8) is 0 Å². The fourth-order valence-corrected chi connectivity index (χ4v) is 3.58. The fourth-order valence-electron chi connectivity index (χ4n) is 2.01. The second kappa shape index (κ2) is 6.70. The van der Waals surface area contributed by atoms with Gasteiger partial charge < -0.3 is 5.11 Å². The third-order valence-electron chi connectivity index (χ3n) is 3.20. The summed E-state index contributed by atoms with van der Waals surface area (Å²) >= 11 is 5.76. The number of likely N-dealkylation sites (N-methyl/N-ethyl adjacent to an activating group) is 1. The highest BCUT2D eigenvalue weighted by Gasteiger charge is 2.29. The Morgan fingerprint density at radius 2 is 2.09 bits per heavy atom. The number of hydrogen-bond donors (Lipinski definition) is 1. The quantitative estimate of drug-likeness (QED) is 0.903. The van der Waals surface area contributed by atoms with Crippen molar-refractivity contribution in [2.24, 2.45) is 0 Å². The van der Waals surface area contributed by atoms with Gasteiger partial charge in [-0.05, 0) is 23.8 Å². The van der Waals surface area contributed by atoms with Gasteiger partial charge in [0.05, 0.1) is 17.7 Å². The Hall–Kier alpha value is -1.54. The summed E-state index contributed by atoms with van der Waals surface area (Å²) in [6.07, 6.45) is 2.48. The smallest absolute Gasteiger partial charge is 0.245 e. The first kappa shape index (κ1) is 16.8. The monoisotopic (exact) mass is 344 g/mol. The number of aliphatic hydroxyl groups excluding tert-OH is 1. The van der Waals surface area contributed by atoms with E-state index in [4.69, 9.17) is 11.6 Å². The van der Waals surface area contributed by atoms with Gasteiger partial charge in [0.25, 0.3) is 0 Å². The van der Waals surface area contributed by atoms with E-state index in [9.17, 15) is 17.9 Å². The van der Waals surface area contributed by atoms with Crippen molar-refractivity contribution in [1.82, 2.24) is 9.29 Å². The molecule has 0 spiro atoms. The number of benzene rings is 1. The van der Waals surface area contributed by atoms with E-state index in [0.29, 0.717) is 5.56 Å². The summed E-state index contributed by atoms with van der Waals surface area (Å²) < 4.78 is 39.4. The van der Waals surface area contributed by atoms with Gasteiger partial charge in [-0.25, -0.2) is 12.8 Å². The molecule has 0 radical (unpaired) electrons. The number of sulfonamides is 1. The van der Waals surface area contributed by atoms with E-state index in [-0.39, 0.29) is 9.92 Å².